The molecule has 0 aromatic heterocycles. The van der Waals surface area contributed by atoms with Crippen LogP contribution in [-0.4, -0.2) is 46.1 Å². The monoisotopic (exact) mass is 457 g/mol. The zero-order valence-corrected chi connectivity index (χ0v) is 19.6. The minimum absolute atomic E-state index is 0.0402. The summed E-state index contributed by atoms with van der Waals surface area (Å²) >= 11 is -2.60. The van der Waals surface area contributed by atoms with Gasteiger partial charge in [0.05, 0.1) is 0 Å². The van der Waals surface area contributed by atoms with Gasteiger partial charge >= 0.3 is 160 Å². The van der Waals surface area contributed by atoms with Gasteiger partial charge in [0, 0.05) is 0 Å². The SMILES string of the molecule is C=CC[C@@H](N1C(=O)OC[C@@H]1C=C)[Sn]([CH2]CCC)([CH2]CCC)[CH2]CCC. The second-order valence-electron chi connectivity index (χ2n) is 7.50. The summed E-state index contributed by atoms with van der Waals surface area (Å²) in [6.45, 7) is 15.3. The molecule has 2 atom stereocenters. The summed E-state index contributed by atoms with van der Waals surface area (Å²) in [6, 6.07) is 0.0402. The minimum atomic E-state index is -2.60. The van der Waals surface area contributed by atoms with Crippen molar-refractivity contribution in [3.8, 4) is 0 Å². The van der Waals surface area contributed by atoms with Gasteiger partial charge < -0.3 is 0 Å². The van der Waals surface area contributed by atoms with Crippen LogP contribution in [0.25, 0.3) is 0 Å². The Morgan fingerprint density at radius 1 is 1.12 bits per heavy atom. The Bertz CT molecular complexity index is 402. The first-order valence-corrected chi connectivity index (χ1v) is 18.0. The quantitative estimate of drug-likeness (QED) is 0.226. The van der Waals surface area contributed by atoms with E-state index in [2.05, 4.69) is 38.8 Å². The molecule has 3 nitrogen and oxygen atoms in total. The van der Waals surface area contributed by atoms with Gasteiger partial charge in [-0.15, -0.1) is 0 Å². The van der Waals surface area contributed by atoms with Crippen LogP contribution in [0.2, 0.25) is 13.3 Å². The molecule has 1 rings (SSSR count). The van der Waals surface area contributed by atoms with E-state index >= 15 is 0 Å². The van der Waals surface area contributed by atoms with E-state index in [4.69, 9.17) is 4.74 Å². The van der Waals surface area contributed by atoms with Gasteiger partial charge in [0.2, 0.25) is 0 Å². The van der Waals surface area contributed by atoms with E-state index in [1.807, 2.05) is 12.2 Å². The predicted molar refractivity (Wildman–Crippen MR) is 111 cm³/mol. The zero-order chi connectivity index (χ0) is 18.7. The third-order valence-corrected chi connectivity index (χ3v) is 22.8. The van der Waals surface area contributed by atoms with Gasteiger partial charge in [-0.2, -0.15) is 0 Å². The van der Waals surface area contributed by atoms with Gasteiger partial charge in [0.15, 0.2) is 0 Å². The Morgan fingerprint density at radius 3 is 2.04 bits per heavy atom. The van der Waals surface area contributed by atoms with Gasteiger partial charge in [0.25, 0.3) is 0 Å². The number of hydrogen-bond donors (Lipinski definition) is 0. The molecule has 0 aromatic carbocycles. The first-order valence-electron chi connectivity index (χ1n) is 10.3. The number of carbonyl (C=O) groups excluding carboxylic acids is 1. The van der Waals surface area contributed by atoms with Crippen molar-refractivity contribution in [2.45, 2.75) is 89.1 Å². The van der Waals surface area contributed by atoms with E-state index in [0.717, 1.165) is 6.42 Å². The molecule has 0 unspecified atom stereocenters. The summed E-state index contributed by atoms with van der Waals surface area (Å²) in [6.07, 6.45) is 12.4. The zero-order valence-electron chi connectivity index (χ0n) is 16.8. The number of rotatable bonds is 14. The Hall–Kier alpha value is -0.451. The van der Waals surface area contributed by atoms with Crippen LogP contribution in [0.5, 0.6) is 0 Å². The molecule has 0 radical (unpaired) electrons. The number of nitrogens with zero attached hydrogens (tertiary/aromatic N) is 1. The maximum absolute atomic E-state index is 12.6. The van der Waals surface area contributed by atoms with Gasteiger partial charge in [-0.3, -0.25) is 0 Å². The number of carbonyl (C=O) groups is 1. The molecule has 0 spiro atoms. The molecule has 1 amide bonds. The summed E-state index contributed by atoms with van der Waals surface area (Å²) in [7, 11) is 0. The molecule has 144 valence electrons. The van der Waals surface area contributed by atoms with Crippen LogP contribution in [0, 0.1) is 0 Å². The molecule has 1 aliphatic rings. The fraction of sp³-hybridized carbons (Fsp3) is 0.762. The summed E-state index contributed by atoms with van der Waals surface area (Å²) in [5.74, 6) is 0. The fourth-order valence-electron chi connectivity index (χ4n) is 4.26. The van der Waals surface area contributed by atoms with Crippen molar-refractivity contribution >= 4 is 24.5 Å². The fourth-order valence-corrected chi connectivity index (χ4v) is 22.7. The first kappa shape index (κ1) is 22.6. The third-order valence-electron chi connectivity index (χ3n) is 5.74. The van der Waals surface area contributed by atoms with Crippen molar-refractivity contribution in [1.29, 1.82) is 0 Å². The van der Waals surface area contributed by atoms with Crippen molar-refractivity contribution in [1.82, 2.24) is 4.90 Å². The maximum atomic E-state index is 12.6. The van der Waals surface area contributed by atoms with E-state index in [9.17, 15) is 4.79 Å². The number of unbranched alkanes of at least 4 members (excludes halogenated alkanes) is 3. The standard InChI is InChI=1S/C9H12NO2.3C4H9.Sn/c1-3-5-6-10-8(4-2)7-12-9(10)11;3*1-3-4-2;/h3-4,6,8H,1-2,5,7H2;3*1,3-4H2,2H3;/t8-;;;;/m0..../s1. The third kappa shape index (κ3) is 6.04. The van der Waals surface area contributed by atoms with Crippen LogP contribution >= 0.6 is 0 Å². The van der Waals surface area contributed by atoms with E-state index < -0.39 is 18.4 Å². The van der Waals surface area contributed by atoms with Crippen molar-refractivity contribution in [3.63, 3.8) is 0 Å². The Morgan fingerprint density at radius 2 is 1.64 bits per heavy atom. The molecule has 0 N–H and O–H groups in total. The van der Waals surface area contributed by atoms with E-state index in [-0.39, 0.29) is 12.1 Å². The normalized spacial score (nSPS) is 18.9. The molecule has 25 heavy (non-hydrogen) atoms. The van der Waals surface area contributed by atoms with Crippen molar-refractivity contribution in [3.05, 3.63) is 25.3 Å². The van der Waals surface area contributed by atoms with Crippen LogP contribution < -0.4 is 0 Å². The van der Waals surface area contributed by atoms with Crippen LogP contribution in [0.1, 0.15) is 65.7 Å². The predicted octanol–water partition coefficient (Wildman–Crippen LogP) is 6.33. The average Bonchev–Trinajstić information content (AvgIpc) is 3.00. The molecule has 4 heteroatoms. The number of cyclic esters (lactones) is 1. The number of hydrogen-bond acceptors (Lipinski definition) is 2. The number of amides is 1. The van der Waals surface area contributed by atoms with E-state index in [0.29, 0.717) is 10.7 Å². The second-order valence-corrected chi connectivity index (χ2v) is 21.5. The van der Waals surface area contributed by atoms with Gasteiger partial charge in [-0.1, -0.05) is 0 Å². The van der Waals surface area contributed by atoms with Gasteiger partial charge in [0.1, 0.15) is 0 Å². The van der Waals surface area contributed by atoms with Crippen LogP contribution in [-0.2, 0) is 4.74 Å². The van der Waals surface area contributed by atoms with Crippen LogP contribution in [0.15, 0.2) is 25.3 Å². The molecule has 0 aromatic rings. The van der Waals surface area contributed by atoms with Gasteiger partial charge in [-0.05, 0) is 0 Å². The van der Waals surface area contributed by atoms with E-state index in [1.165, 1.54) is 51.8 Å². The van der Waals surface area contributed by atoms with Crippen molar-refractivity contribution in [2.75, 3.05) is 6.61 Å². The summed E-state index contributed by atoms with van der Waals surface area (Å²) in [5.41, 5.74) is 0. The summed E-state index contributed by atoms with van der Waals surface area (Å²) < 4.78 is 9.95. The van der Waals surface area contributed by atoms with Crippen molar-refractivity contribution in [2.24, 2.45) is 0 Å². The molecule has 1 heterocycles. The summed E-state index contributed by atoms with van der Waals surface area (Å²) in [4.78, 5) is 14.7. The molecular weight excluding hydrogens is 417 g/mol. The molecule has 0 bridgehead atoms. The Balaban J connectivity index is 3.25. The molecule has 1 saturated heterocycles. The summed E-state index contributed by atoms with van der Waals surface area (Å²) in [5, 5.41) is 0. The van der Waals surface area contributed by atoms with Crippen LogP contribution in [0.3, 0.4) is 0 Å². The Labute approximate surface area is 159 Å². The second kappa shape index (κ2) is 12.0. The topological polar surface area (TPSA) is 29.5 Å². The van der Waals surface area contributed by atoms with Gasteiger partial charge in [-0.25, -0.2) is 0 Å². The average molecular weight is 456 g/mol. The molecule has 1 aliphatic heterocycles. The molecule has 0 aliphatic carbocycles. The first-order chi connectivity index (χ1) is 12.1. The van der Waals surface area contributed by atoms with Crippen LogP contribution in [0.4, 0.5) is 4.79 Å². The van der Waals surface area contributed by atoms with E-state index in [1.54, 1.807) is 0 Å². The molecule has 0 saturated carbocycles. The van der Waals surface area contributed by atoms with Crippen molar-refractivity contribution < 1.29 is 9.53 Å². The molecule has 1 fully saturated rings. The Kier molecular flexibility index (Phi) is 10.9. The molecular formula is C21H39NO2Sn. The number of ether oxygens (including phenoxy) is 1.